The molecule has 0 saturated carbocycles. The predicted molar refractivity (Wildman–Crippen MR) is 106 cm³/mol. The van der Waals surface area contributed by atoms with Gasteiger partial charge in [-0.15, -0.1) is 24.8 Å². The van der Waals surface area contributed by atoms with E-state index in [1.807, 2.05) is 0 Å². The molecule has 0 amide bonds. The van der Waals surface area contributed by atoms with Crippen molar-refractivity contribution in [3.8, 4) is 0 Å². The van der Waals surface area contributed by atoms with Crippen LogP contribution < -0.4 is 0 Å². The van der Waals surface area contributed by atoms with Crippen LogP contribution >= 0.6 is 11.6 Å². The molecule has 22 heavy (non-hydrogen) atoms. The van der Waals surface area contributed by atoms with Gasteiger partial charge in [0.2, 0.25) is 0 Å². The van der Waals surface area contributed by atoms with Gasteiger partial charge in [0.1, 0.15) is 0 Å². The standard InChI is InChI=1S/C10H20O.C9H17Cl.Mg.2H/c1-9(2)5-4-6-10(3)7-8-11;1-8(2)5-4-6-9(3)7-10;;;/h10-11H,1,4-8H2,2-3H3;9H,1,4-7H2,2-3H3;;;/q;;+2;2*-1. The summed E-state index contributed by atoms with van der Waals surface area (Å²) in [6.07, 6.45) is 8.14. The van der Waals surface area contributed by atoms with Crippen molar-refractivity contribution in [2.75, 3.05) is 12.5 Å². The molecule has 0 fully saturated rings. The second kappa shape index (κ2) is 19.5. The summed E-state index contributed by atoms with van der Waals surface area (Å²) in [7, 11) is 0. The van der Waals surface area contributed by atoms with Crippen molar-refractivity contribution in [3.05, 3.63) is 24.3 Å². The van der Waals surface area contributed by atoms with Gasteiger partial charge in [-0.1, -0.05) is 31.4 Å². The zero-order valence-electron chi connectivity index (χ0n) is 17.5. The third-order valence-electron chi connectivity index (χ3n) is 3.49. The Bertz CT molecular complexity index is 276. The zero-order valence-corrected chi connectivity index (χ0v) is 17.6. The molecule has 1 N–H and O–H groups in total. The van der Waals surface area contributed by atoms with Gasteiger partial charge in [0, 0.05) is 12.5 Å². The van der Waals surface area contributed by atoms with Crippen LogP contribution in [0.15, 0.2) is 24.3 Å². The molecule has 0 aromatic heterocycles. The van der Waals surface area contributed by atoms with Crippen LogP contribution in [0.4, 0.5) is 0 Å². The van der Waals surface area contributed by atoms with E-state index in [-0.39, 0.29) is 25.9 Å². The van der Waals surface area contributed by atoms with Crippen molar-refractivity contribution < 1.29 is 7.96 Å². The first-order valence-electron chi connectivity index (χ1n) is 8.29. The first kappa shape index (κ1) is 27.3. The van der Waals surface area contributed by atoms with Gasteiger partial charge in [-0.05, 0) is 64.2 Å². The second-order valence-electron chi connectivity index (χ2n) is 6.58. The van der Waals surface area contributed by atoms with Crippen LogP contribution in [-0.4, -0.2) is 40.6 Å². The number of halogens is 1. The van der Waals surface area contributed by atoms with E-state index in [0.29, 0.717) is 18.4 Å². The van der Waals surface area contributed by atoms with Crippen LogP contribution in [0.5, 0.6) is 0 Å². The SMILES string of the molecule is C=C(C)CCCC(C)CCO.C=C(C)CCCC(C)CCl.[H-].[H-].[Mg+2]. The van der Waals surface area contributed by atoms with E-state index in [0.717, 1.165) is 25.1 Å². The summed E-state index contributed by atoms with van der Waals surface area (Å²) < 4.78 is 0. The van der Waals surface area contributed by atoms with Gasteiger partial charge in [0.05, 0.1) is 0 Å². The molecule has 3 heteroatoms. The fourth-order valence-electron chi connectivity index (χ4n) is 1.95. The summed E-state index contributed by atoms with van der Waals surface area (Å²) in [5, 5.41) is 8.63. The van der Waals surface area contributed by atoms with Crippen LogP contribution in [0.25, 0.3) is 0 Å². The Labute approximate surface area is 163 Å². The minimum Gasteiger partial charge on any atom is -1.00 e. The summed E-state index contributed by atoms with van der Waals surface area (Å²) in [5.41, 5.74) is 2.54. The van der Waals surface area contributed by atoms with Gasteiger partial charge in [-0.3, -0.25) is 0 Å². The predicted octanol–water partition coefficient (Wildman–Crippen LogP) is 6.20. The van der Waals surface area contributed by atoms with Crippen LogP contribution in [-0.2, 0) is 0 Å². The Morgan fingerprint density at radius 3 is 1.68 bits per heavy atom. The van der Waals surface area contributed by atoms with E-state index in [2.05, 4.69) is 40.9 Å². The van der Waals surface area contributed by atoms with Crippen LogP contribution in [0.2, 0.25) is 0 Å². The molecular weight excluding hydrogens is 304 g/mol. The van der Waals surface area contributed by atoms with Gasteiger partial charge in [-0.25, -0.2) is 0 Å². The third-order valence-corrected chi connectivity index (χ3v) is 4.01. The van der Waals surface area contributed by atoms with Gasteiger partial charge in [-0.2, -0.15) is 0 Å². The van der Waals surface area contributed by atoms with Crippen molar-refractivity contribution in [1.29, 1.82) is 0 Å². The van der Waals surface area contributed by atoms with Gasteiger partial charge in [0.15, 0.2) is 0 Å². The molecule has 0 heterocycles. The van der Waals surface area contributed by atoms with Crippen molar-refractivity contribution in [2.24, 2.45) is 11.8 Å². The van der Waals surface area contributed by atoms with Crippen LogP contribution in [0.1, 0.15) is 75.5 Å². The Hall–Kier alpha value is 0.496. The number of hydrogen-bond donors (Lipinski definition) is 1. The Morgan fingerprint density at radius 1 is 0.955 bits per heavy atom. The van der Waals surface area contributed by atoms with Gasteiger partial charge < -0.3 is 7.96 Å². The first-order valence-corrected chi connectivity index (χ1v) is 8.82. The number of aliphatic hydroxyl groups excluding tert-OH is 1. The second-order valence-corrected chi connectivity index (χ2v) is 6.88. The smallest absolute Gasteiger partial charge is 1.00 e. The Balaban J connectivity index is -0.0000000894. The van der Waals surface area contributed by atoms with Crippen molar-refractivity contribution in [2.45, 2.75) is 72.6 Å². The average molecular weight is 343 g/mol. The minimum absolute atomic E-state index is 0. The van der Waals surface area contributed by atoms with Gasteiger partial charge in [0.25, 0.3) is 0 Å². The summed E-state index contributed by atoms with van der Waals surface area (Å²) >= 11 is 5.64. The van der Waals surface area contributed by atoms with Crippen molar-refractivity contribution in [3.63, 3.8) is 0 Å². The largest absolute Gasteiger partial charge is 2.00 e. The molecule has 0 rings (SSSR count). The molecule has 0 radical (unpaired) electrons. The third kappa shape index (κ3) is 25.4. The fourth-order valence-corrected chi connectivity index (χ4v) is 2.10. The summed E-state index contributed by atoms with van der Waals surface area (Å²) in [5.74, 6) is 2.12. The number of rotatable bonds is 11. The van der Waals surface area contributed by atoms with Crippen molar-refractivity contribution in [1.82, 2.24) is 0 Å². The molecule has 0 aliphatic heterocycles. The van der Waals surface area contributed by atoms with Crippen molar-refractivity contribution >= 4 is 34.7 Å². The van der Waals surface area contributed by atoms with Crippen LogP contribution in [0.3, 0.4) is 0 Å². The van der Waals surface area contributed by atoms with E-state index in [1.165, 1.54) is 36.8 Å². The normalized spacial score (nSPS) is 12.5. The maximum atomic E-state index is 8.63. The molecule has 0 aliphatic carbocycles. The van der Waals surface area contributed by atoms with Crippen LogP contribution in [0, 0.1) is 11.8 Å². The molecule has 0 aliphatic rings. The topological polar surface area (TPSA) is 20.2 Å². The Morgan fingerprint density at radius 2 is 1.36 bits per heavy atom. The number of allylic oxidation sites excluding steroid dienone is 2. The first-order chi connectivity index (χ1) is 9.83. The molecular formula is C19H39ClMgO. The summed E-state index contributed by atoms with van der Waals surface area (Å²) in [6, 6.07) is 0. The molecule has 0 spiro atoms. The molecule has 2 atom stereocenters. The summed E-state index contributed by atoms with van der Waals surface area (Å²) in [4.78, 5) is 0. The van der Waals surface area contributed by atoms with E-state index in [4.69, 9.17) is 16.7 Å². The van der Waals surface area contributed by atoms with E-state index >= 15 is 0 Å². The molecule has 0 bridgehead atoms. The number of aliphatic hydroxyl groups is 1. The quantitative estimate of drug-likeness (QED) is 0.269. The zero-order chi connectivity index (χ0) is 16.7. The average Bonchev–Trinajstić information content (AvgIpc) is 2.38. The minimum atomic E-state index is 0. The molecule has 1 nitrogen and oxygen atoms in total. The maximum absolute atomic E-state index is 8.63. The fraction of sp³-hybridized carbons (Fsp3) is 0.789. The Kier molecular flexibility index (Phi) is 24.3. The number of hydrogen-bond acceptors (Lipinski definition) is 1. The monoisotopic (exact) mass is 342 g/mol. The summed E-state index contributed by atoms with van der Waals surface area (Å²) in [6.45, 7) is 16.5. The molecule has 0 aromatic carbocycles. The molecule has 2 unspecified atom stereocenters. The molecule has 0 aromatic rings. The molecule has 130 valence electrons. The van der Waals surface area contributed by atoms with E-state index in [9.17, 15) is 0 Å². The molecule has 0 saturated heterocycles. The number of alkyl halides is 1. The maximum Gasteiger partial charge on any atom is 2.00 e. The van der Waals surface area contributed by atoms with Gasteiger partial charge >= 0.3 is 23.1 Å². The van der Waals surface area contributed by atoms with E-state index in [1.54, 1.807) is 0 Å². The van der Waals surface area contributed by atoms with E-state index < -0.39 is 0 Å².